The molecule has 1 saturated heterocycles. The number of aryl methyl sites for hydroxylation is 2. The Morgan fingerprint density at radius 2 is 2.12 bits per heavy atom. The van der Waals surface area contributed by atoms with Gasteiger partial charge in [0.25, 0.3) is 0 Å². The average molecular weight is 337 g/mol. The fraction of sp³-hybridized carbons (Fsp3) is 0.765. The largest absolute Gasteiger partial charge is 0.383 e. The number of aromatic nitrogens is 2. The molecule has 1 fully saturated rings. The summed E-state index contributed by atoms with van der Waals surface area (Å²) in [5, 5.41) is 7.42. The molecule has 0 radical (unpaired) electrons. The number of ether oxygens (including phenoxy) is 1. The lowest BCUT2D eigenvalue weighted by Crippen LogP contribution is -2.57. The van der Waals surface area contributed by atoms with E-state index >= 15 is 0 Å². The Hall–Kier alpha value is -1.44. The van der Waals surface area contributed by atoms with Crippen LogP contribution in [0.15, 0.2) is 0 Å². The number of hydrogen-bond donors (Lipinski definition) is 1. The van der Waals surface area contributed by atoms with Gasteiger partial charge in [-0.05, 0) is 27.7 Å². The van der Waals surface area contributed by atoms with E-state index < -0.39 is 0 Å². The summed E-state index contributed by atoms with van der Waals surface area (Å²) in [4.78, 5) is 17.3. The van der Waals surface area contributed by atoms with Gasteiger partial charge < -0.3 is 10.1 Å². The van der Waals surface area contributed by atoms with E-state index in [1.54, 1.807) is 11.8 Å². The van der Waals surface area contributed by atoms with Crippen LogP contribution in [-0.2, 0) is 16.6 Å². The Labute approximate surface area is 144 Å². The fourth-order valence-corrected chi connectivity index (χ4v) is 3.26. The lowest BCUT2D eigenvalue weighted by Gasteiger charge is -2.41. The molecule has 0 bridgehead atoms. The highest BCUT2D eigenvalue weighted by atomic mass is 16.5. The number of nitrogens with one attached hydrogen (secondary N) is 1. The summed E-state index contributed by atoms with van der Waals surface area (Å²) in [7, 11) is 3.62. The molecule has 2 rings (SSSR count). The van der Waals surface area contributed by atoms with Gasteiger partial charge >= 0.3 is 0 Å². The van der Waals surface area contributed by atoms with Crippen molar-refractivity contribution < 1.29 is 9.53 Å². The Balaban J connectivity index is 1.94. The first-order chi connectivity index (χ1) is 11.3. The van der Waals surface area contributed by atoms with Gasteiger partial charge in [0.2, 0.25) is 5.91 Å². The first-order valence-electron chi connectivity index (χ1n) is 8.63. The molecule has 1 amide bonds. The van der Waals surface area contributed by atoms with Crippen molar-refractivity contribution in [3.63, 3.8) is 0 Å². The molecule has 1 aromatic rings. The molecule has 2 heterocycles. The molecule has 7 heteroatoms. The lowest BCUT2D eigenvalue weighted by molar-refractivity contribution is -0.121. The highest BCUT2D eigenvalue weighted by molar-refractivity contribution is 5.95. The third kappa shape index (κ3) is 4.15. The molecule has 2 atom stereocenters. The lowest BCUT2D eigenvalue weighted by atomic mass is 10.1. The van der Waals surface area contributed by atoms with Gasteiger partial charge in [0.15, 0.2) is 0 Å². The summed E-state index contributed by atoms with van der Waals surface area (Å²) in [5.74, 6) is 0.0340. The Kier molecular flexibility index (Phi) is 6.37. The van der Waals surface area contributed by atoms with E-state index in [0.717, 1.165) is 49.9 Å². The van der Waals surface area contributed by atoms with Crippen molar-refractivity contribution in [2.75, 3.05) is 45.2 Å². The van der Waals surface area contributed by atoms with Crippen molar-refractivity contribution in [1.29, 1.82) is 0 Å². The summed E-state index contributed by atoms with van der Waals surface area (Å²) in [5.41, 5.74) is 2.67. The van der Waals surface area contributed by atoms with Crippen LogP contribution in [0.4, 0.5) is 5.69 Å². The standard InChI is InChI=1S/C17H31N5O2/c1-12-11-22(8-7-21(12)9-10-24-6)15(4)17(23)18-16-13(2)19-20(5)14(16)3/h12,15H,7-11H2,1-6H3,(H,18,23)/t12-,15+/m1/s1. The highest BCUT2D eigenvalue weighted by Crippen LogP contribution is 2.20. The zero-order valence-corrected chi connectivity index (χ0v) is 15.8. The van der Waals surface area contributed by atoms with Crippen molar-refractivity contribution in [2.24, 2.45) is 7.05 Å². The van der Waals surface area contributed by atoms with Crippen LogP contribution in [0.1, 0.15) is 25.2 Å². The van der Waals surface area contributed by atoms with Crippen LogP contribution in [0, 0.1) is 13.8 Å². The van der Waals surface area contributed by atoms with Crippen molar-refractivity contribution in [1.82, 2.24) is 19.6 Å². The minimum absolute atomic E-state index is 0.0340. The maximum Gasteiger partial charge on any atom is 0.241 e. The molecule has 1 aromatic heterocycles. The molecule has 1 aliphatic heterocycles. The van der Waals surface area contributed by atoms with Gasteiger partial charge in [-0.15, -0.1) is 0 Å². The zero-order chi connectivity index (χ0) is 17.9. The number of carbonyl (C=O) groups is 1. The average Bonchev–Trinajstić information content (AvgIpc) is 2.79. The van der Waals surface area contributed by atoms with Crippen LogP contribution in [0.5, 0.6) is 0 Å². The van der Waals surface area contributed by atoms with E-state index in [1.807, 2.05) is 27.8 Å². The summed E-state index contributed by atoms with van der Waals surface area (Å²) < 4.78 is 6.97. The molecular formula is C17H31N5O2. The van der Waals surface area contributed by atoms with E-state index in [4.69, 9.17) is 4.74 Å². The van der Waals surface area contributed by atoms with Crippen LogP contribution in [0.2, 0.25) is 0 Å². The van der Waals surface area contributed by atoms with E-state index in [1.165, 1.54) is 0 Å². The number of methoxy groups -OCH3 is 1. The molecule has 1 aliphatic rings. The fourth-order valence-electron chi connectivity index (χ4n) is 3.26. The number of amides is 1. The zero-order valence-electron chi connectivity index (χ0n) is 15.8. The third-order valence-electron chi connectivity index (χ3n) is 5.06. The molecule has 0 unspecified atom stereocenters. The predicted molar refractivity (Wildman–Crippen MR) is 95.3 cm³/mol. The van der Waals surface area contributed by atoms with Gasteiger partial charge in [0.05, 0.1) is 29.7 Å². The van der Waals surface area contributed by atoms with Crippen LogP contribution < -0.4 is 5.32 Å². The molecule has 0 saturated carbocycles. The minimum Gasteiger partial charge on any atom is -0.383 e. The number of hydrogen-bond acceptors (Lipinski definition) is 5. The maximum absolute atomic E-state index is 12.7. The Morgan fingerprint density at radius 1 is 1.42 bits per heavy atom. The number of piperazine rings is 1. The van der Waals surface area contributed by atoms with Crippen LogP contribution in [-0.4, -0.2) is 77.5 Å². The summed E-state index contributed by atoms with van der Waals surface area (Å²) >= 11 is 0. The van der Waals surface area contributed by atoms with E-state index in [2.05, 4.69) is 27.1 Å². The normalized spacial score (nSPS) is 21.0. The van der Waals surface area contributed by atoms with Gasteiger partial charge in [-0.3, -0.25) is 19.3 Å². The van der Waals surface area contributed by atoms with Gasteiger partial charge in [-0.2, -0.15) is 5.10 Å². The first kappa shape index (κ1) is 18.9. The van der Waals surface area contributed by atoms with E-state index in [9.17, 15) is 4.79 Å². The highest BCUT2D eigenvalue weighted by Gasteiger charge is 2.30. The van der Waals surface area contributed by atoms with Crippen molar-refractivity contribution in [2.45, 2.75) is 39.8 Å². The smallest absolute Gasteiger partial charge is 0.241 e. The molecule has 0 spiro atoms. The monoisotopic (exact) mass is 337 g/mol. The number of rotatable bonds is 6. The van der Waals surface area contributed by atoms with Crippen LogP contribution in [0.25, 0.3) is 0 Å². The topological polar surface area (TPSA) is 62.6 Å². The Morgan fingerprint density at radius 3 is 2.67 bits per heavy atom. The number of carbonyl (C=O) groups excluding carboxylic acids is 1. The SMILES string of the molecule is COCCN1CCN([C@@H](C)C(=O)Nc2c(C)nn(C)c2C)C[C@H]1C. The molecule has 24 heavy (non-hydrogen) atoms. The molecule has 136 valence electrons. The predicted octanol–water partition coefficient (Wildman–Crippen LogP) is 1.02. The molecular weight excluding hydrogens is 306 g/mol. The summed E-state index contributed by atoms with van der Waals surface area (Å²) in [6.45, 7) is 12.5. The van der Waals surface area contributed by atoms with Crippen molar-refractivity contribution in [3.05, 3.63) is 11.4 Å². The maximum atomic E-state index is 12.7. The van der Waals surface area contributed by atoms with Crippen molar-refractivity contribution in [3.8, 4) is 0 Å². The molecule has 0 aliphatic carbocycles. The second-order valence-electron chi connectivity index (χ2n) is 6.71. The summed E-state index contributed by atoms with van der Waals surface area (Å²) in [6.07, 6.45) is 0. The molecule has 1 N–H and O–H groups in total. The van der Waals surface area contributed by atoms with Gasteiger partial charge in [-0.25, -0.2) is 0 Å². The van der Waals surface area contributed by atoms with Crippen molar-refractivity contribution >= 4 is 11.6 Å². The quantitative estimate of drug-likeness (QED) is 0.840. The van der Waals surface area contributed by atoms with E-state index in [0.29, 0.717) is 6.04 Å². The first-order valence-corrected chi connectivity index (χ1v) is 8.63. The van der Waals surface area contributed by atoms with Crippen LogP contribution >= 0.6 is 0 Å². The second-order valence-corrected chi connectivity index (χ2v) is 6.71. The number of anilines is 1. The van der Waals surface area contributed by atoms with Gasteiger partial charge in [-0.1, -0.05) is 0 Å². The second kappa shape index (κ2) is 8.09. The third-order valence-corrected chi connectivity index (χ3v) is 5.06. The Bertz CT molecular complexity index is 572. The number of nitrogens with zero attached hydrogens (tertiary/aromatic N) is 4. The minimum atomic E-state index is -0.156. The van der Waals surface area contributed by atoms with Crippen LogP contribution in [0.3, 0.4) is 0 Å². The molecule has 0 aromatic carbocycles. The van der Waals surface area contributed by atoms with Gasteiger partial charge in [0, 0.05) is 46.4 Å². The summed E-state index contributed by atoms with van der Waals surface area (Å²) in [6, 6.07) is 0.266. The molecule has 7 nitrogen and oxygen atoms in total. The van der Waals surface area contributed by atoms with E-state index in [-0.39, 0.29) is 11.9 Å². The van der Waals surface area contributed by atoms with Gasteiger partial charge in [0.1, 0.15) is 0 Å².